The van der Waals surface area contributed by atoms with Gasteiger partial charge in [-0.3, -0.25) is 14.3 Å². The van der Waals surface area contributed by atoms with Gasteiger partial charge in [0, 0.05) is 52.2 Å². The smallest absolute Gasteiger partial charge is 0.270 e. The van der Waals surface area contributed by atoms with Crippen LogP contribution in [0.5, 0.6) is 0 Å². The molecule has 1 aliphatic carbocycles. The van der Waals surface area contributed by atoms with Crippen molar-refractivity contribution in [3.63, 3.8) is 0 Å². The Hall–Kier alpha value is -4.02. The van der Waals surface area contributed by atoms with Crippen LogP contribution in [0, 0.1) is 13.8 Å². The van der Waals surface area contributed by atoms with E-state index in [1.165, 1.54) is 10.2 Å². The lowest BCUT2D eigenvalue weighted by Gasteiger charge is -2.25. The van der Waals surface area contributed by atoms with Crippen LogP contribution in [0.2, 0.25) is 25.7 Å². The topological polar surface area (TPSA) is 103 Å². The number of anilines is 1. The van der Waals surface area contributed by atoms with E-state index in [0.717, 1.165) is 53.6 Å². The molecule has 5 rings (SSSR count). The van der Waals surface area contributed by atoms with Crippen molar-refractivity contribution < 1.29 is 15.8 Å². The summed E-state index contributed by atoms with van der Waals surface area (Å²) in [6.45, 7) is 12.3. The molecule has 4 aromatic rings. The van der Waals surface area contributed by atoms with E-state index in [1.807, 2.05) is 48.0 Å². The van der Waals surface area contributed by atoms with Crippen LogP contribution in [-0.4, -0.2) is 52.1 Å². The third kappa shape index (κ3) is 6.97. The van der Waals surface area contributed by atoms with Gasteiger partial charge in [-0.2, -0.15) is 10.2 Å². The number of ether oxygens (including phenoxy) is 1. The zero-order chi connectivity index (χ0) is 30.7. The summed E-state index contributed by atoms with van der Waals surface area (Å²) in [6, 6.07) is 18.0. The highest BCUT2D eigenvalue weighted by Gasteiger charge is 2.36. The third-order valence-electron chi connectivity index (χ3n) is 8.24. The lowest BCUT2D eigenvalue weighted by atomic mass is 9.92. The van der Waals surface area contributed by atoms with Crippen LogP contribution >= 0.6 is 0 Å². The Balaban J connectivity index is 0.00000442. The van der Waals surface area contributed by atoms with Gasteiger partial charge in [0.2, 0.25) is 5.91 Å². The summed E-state index contributed by atoms with van der Waals surface area (Å²) in [6.07, 6.45) is 3.23. The van der Waals surface area contributed by atoms with E-state index in [0.29, 0.717) is 18.1 Å². The number of benzene rings is 2. The molecule has 43 heavy (non-hydrogen) atoms. The fraction of sp³-hybridized carbons (Fsp3) is 0.394. The molecular weight excluding hydrogens is 556 g/mol. The van der Waals surface area contributed by atoms with Crippen molar-refractivity contribution in [2.24, 2.45) is 7.05 Å². The van der Waals surface area contributed by atoms with Crippen molar-refractivity contribution in [2.75, 3.05) is 11.9 Å². The monoisotopic (exact) mass is 600 g/mol. The molecule has 0 fully saturated rings. The molecule has 0 radical (unpaired) electrons. The second-order valence-corrected chi connectivity index (χ2v) is 18.2. The number of amides is 2. The van der Waals surface area contributed by atoms with Gasteiger partial charge in [-0.05, 0) is 67.6 Å². The molecule has 0 unspecified atom stereocenters. The fourth-order valence-electron chi connectivity index (χ4n) is 5.81. The minimum atomic E-state index is -1.15. The van der Waals surface area contributed by atoms with Gasteiger partial charge < -0.3 is 15.4 Å². The summed E-state index contributed by atoms with van der Waals surface area (Å²) in [7, 11) is 0.566. The first-order valence-electron chi connectivity index (χ1n) is 14.9. The molecule has 2 heterocycles. The molecule has 1 aliphatic rings. The maximum atomic E-state index is 13.8. The van der Waals surface area contributed by atoms with Gasteiger partial charge >= 0.3 is 0 Å². The first kappa shape index (κ1) is 30.4. The van der Waals surface area contributed by atoms with E-state index in [1.54, 1.807) is 19.3 Å². The normalized spacial score (nSPS) is 15.3. The van der Waals surface area contributed by atoms with Gasteiger partial charge in [0.05, 0.1) is 5.69 Å². The summed E-state index contributed by atoms with van der Waals surface area (Å²) in [5.74, 6) is -0.704. The van der Waals surface area contributed by atoms with E-state index >= 15 is 0 Å². The van der Waals surface area contributed by atoms with E-state index in [4.69, 9.17) is 9.84 Å². The number of nitrogens with zero attached hydrogens (tertiary/aromatic N) is 4. The van der Waals surface area contributed by atoms with Crippen LogP contribution < -0.4 is 10.6 Å². The number of aryl methyl sites for hydroxylation is 3. The predicted molar refractivity (Wildman–Crippen MR) is 174 cm³/mol. The van der Waals surface area contributed by atoms with E-state index in [2.05, 4.69) is 54.4 Å². The van der Waals surface area contributed by atoms with Gasteiger partial charge in [0.1, 0.15) is 18.5 Å². The Morgan fingerprint density at radius 3 is 2.53 bits per heavy atom. The Bertz CT molecular complexity index is 1610. The van der Waals surface area contributed by atoms with Crippen LogP contribution in [0.3, 0.4) is 0 Å². The van der Waals surface area contributed by atoms with E-state index in [9.17, 15) is 9.59 Å². The minimum absolute atomic E-state index is 0. The first-order chi connectivity index (χ1) is 20.5. The molecule has 0 bridgehead atoms. The maximum Gasteiger partial charge on any atom is 0.270 e. The molecule has 0 aliphatic heterocycles. The Labute approximate surface area is 256 Å². The molecule has 2 aromatic carbocycles. The van der Waals surface area contributed by atoms with Crippen LogP contribution in [-0.2, 0) is 29.7 Å². The quantitative estimate of drug-likeness (QED) is 0.164. The van der Waals surface area contributed by atoms with Crippen LogP contribution in [0.25, 0.3) is 11.1 Å². The van der Waals surface area contributed by atoms with Crippen molar-refractivity contribution in [3.05, 3.63) is 89.0 Å². The Kier molecular flexibility index (Phi) is 8.98. The summed E-state index contributed by atoms with van der Waals surface area (Å²) in [5, 5.41) is 14.9. The molecule has 9 nitrogen and oxygen atoms in total. The predicted octanol–water partition coefficient (Wildman–Crippen LogP) is 5.93. The lowest BCUT2D eigenvalue weighted by molar-refractivity contribution is -0.118. The highest BCUT2D eigenvalue weighted by Crippen LogP contribution is 2.36. The highest BCUT2D eigenvalue weighted by atomic mass is 28.3. The molecule has 228 valence electrons. The molecule has 10 heteroatoms. The summed E-state index contributed by atoms with van der Waals surface area (Å²) >= 11 is 0. The molecule has 2 amide bonds. The number of carbonyl (C=O) groups excluding carboxylic acids is 2. The molecule has 2 N–H and O–H groups in total. The average Bonchev–Trinajstić information content (AvgIpc) is 3.66. The van der Waals surface area contributed by atoms with Crippen molar-refractivity contribution in [3.8, 4) is 11.1 Å². The lowest BCUT2D eigenvalue weighted by Crippen LogP contribution is -2.47. The third-order valence-corrected chi connectivity index (χ3v) is 9.94. The average molecular weight is 601 g/mol. The molecule has 0 saturated carbocycles. The highest BCUT2D eigenvalue weighted by molar-refractivity contribution is 6.76. The van der Waals surface area contributed by atoms with E-state index < -0.39 is 14.1 Å². The summed E-state index contributed by atoms with van der Waals surface area (Å²) in [4.78, 5) is 27.0. The number of aromatic nitrogens is 4. The summed E-state index contributed by atoms with van der Waals surface area (Å²) < 4.78 is 9.37. The zero-order valence-electron chi connectivity index (χ0n) is 26.0. The second kappa shape index (κ2) is 12.7. The Morgan fingerprint density at radius 2 is 1.84 bits per heavy atom. The molecular formula is C33H44N6O3Si. The number of rotatable bonds is 11. The van der Waals surface area contributed by atoms with Gasteiger partial charge in [-0.1, -0.05) is 56.0 Å². The van der Waals surface area contributed by atoms with Crippen LogP contribution in [0.1, 0.15) is 46.8 Å². The molecule has 0 spiro atoms. The van der Waals surface area contributed by atoms with Gasteiger partial charge in [0.25, 0.3) is 5.91 Å². The summed E-state index contributed by atoms with van der Waals surface area (Å²) in [5.41, 5.74) is 7.45. The Morgan fingerprint density at radius 1 is 1.09 bits per heavy atom. The number of hydrogen-bond donors (Lipinski definition) is 2. The number of nitrogens with one attached hydrogen (secondary N) is 2. The van der Waals surface area contributed by atoms with Crippen LogP contribution in [0.15, 0.2) is 60.8 Å². The molecule has 2 atom stereocenters. The molecule has 2 aromatic heterocycles. The van der Waals surface area contributed by atoms with Gasteiger partial charge in [-0.25, -0.2) is 4.68 Å². The number of hydrogen-bond acceptors (Lipinski definition) is 5. The largest absolute Gasteiger partial charge is 0.360 e. The van der Waals surface area contributed by atoms with Gasteiger partial charge in [-0.15, -0.1) is 0 Å². The second-order valence-electron chi connectivity index (χ2n) is 12.6. The van der Waals surface area contributed by atoms with E-state index in [-0.39, 0.29) is 19.2 Å². The maximum absolute atomic E-state index is 13.8. The van der Waals surface area contributed by atoms with Crippen molar-refractivity contribution in [1.82, 2.24) is 24.9 Å². The number of carbonyl (C=O) groups is 2. The fourth-order valence-corrected chi connectivity index (χ4v) is 6.56. The minimum Gasteiger partial charge on any atom is -0.360 e. The molecule has 0 saturated heterocycles. The van der Waals surface area contributed by atoms with Crippen molar-refractivity contribution in [1.29, 1.82) is 0 Å². The first-order valence-corrected chi connectivity index (χ1v) is 18.6. The van der Waals surface area contributed by atoms with Crippen molar-refractivity contribution >= 4 is 25.6 Å². The van der Waals surface area contributed by atoms with Crippen molar-refractivity contribution in [2.45, 2.75) is 71.1 Å². The standard InChI is InChI=1S/C33H42N6O3Si.H2/c1-22-30(23(2)39(37-22)21-42-19-20-43(4,5)6)25-11-14-26(15-12-25)35-33(41)31(36-32(40)29-17-18-34-38(29)3)28-16-13-24-9-7-8-10-27(24)28;/h7-12,14-15,17-18,28,31H,13,16,19-21H2,1-6H3,(H,35,41)(H,36,40);1H/t28-,31+;/m1./s1. The zero-order valence-corrected chi connectivity index (χ0v) is 27.0. The van der Waals surface area contributed by atoms with Gasteiger partial charge in [0.15, 0.2) is 0 Å². The number of fused-ring (bicyclic) bond motifs is 1. The SMILES string of the molecule is Cc1nn(COCC[Si](C)(C)C)c(C)c1-c1ccc(NC(=O)[C@@H](NC(=O)c2ccnn2C)[C@@H]2CCc3ccccc32)cc1.[HH]. The van der Waals surface area contributed by atoms with Crippen LogP contribution in [0.4, 0.5) is 5.69 Å².